The number of halogens is 2. The third kappa shape index (κ3) is 2.97. The fraction of sp³-hybridized carbons (Fsp3) is 0.0909. The van der Waals surface area contributed by atoms with Gasteiger partial charge in [-0.25, -0.2) is 0 Å². The number of nitrogens with one attached hydrogen (secondary N) is 1. The number of carbonyl (C=O) groups excluding carboxylic acids is 1. The van der Waals surface area contributed by atoms with Crippen LogP contribution >= 0.6 is 27.5 Å². The van der Waals surface area contributed by atoms with Crippen molar-refractivity contribution in [2.75, 3.05) is 5.32 Å². The van der Waals surface area contributed by atoms with Gasteiger partial charge in [-0.05, 0) is 22.0 Å². The Kier molecular flexibility index (Phi) is 4.05. The first-order chi connectivity index (χ1) is 9.38. The van der Waals surface area contributed by atoms with Crippen molar-refractivity contribution in [3.63, 3.8) is 0 Å². The summed E-state index contributed by atoms with van der Waals surface area (Å²) in [5, 5.41) is 17.4. The number of non-ortho nitro benzene ring substituents is 1. The molecule has 104 valence electrons. The van der Waals surface area contributed by atoms with E-state index in [1.165, 1.54) is 22.9 Å². The van der Waals surface area contributed by atoms with Crippen LogP contribution in [0.1, 0.15) is 10.5 Å². The molecule has 1 N–H and O–H groups in total. The Bertz CT molecular complexity index is 701. The number of benzene rings is 1. The number of nitrogens with zero attached hydrogens (tertiary/aromatic N) is 3. The van der Waals surface area contributed by atoms with Crippen molar-refractivity contribution in [1.82, 2.24) is 9.78 Å². The predicted molar refractivity (Wildman–Crippen MR) is 77.0 cm³/mol. The highest BCUT2D eigenvalue weighted by Gasteiger charge is 2.17. The Morgan fingerprint density at radius 1 is 1.55 bits per heavy atom. The molecule has 1 heterocycles. The zero-order valence-corrected chi connectivity index (χ0v) is 12.5. The molecule has 0 bridgehead atoms. The van der Waals surface area contributed by atoms with E-state index >= 15 is 0 Å². The molecule has 1 aromatic carbocycles. The van der Waals surface area contributed by atoms with Crippen molar-refractivity contribution in [3.05, 3.63) is 49.7 Å². The fourth-order valence-corrected chi connectivity index (χ4v) is 2.24. The summed E-state index contributed by atoms with van der Waals surface area (Å²) in [4.78, 5) is 22.2. The van der Waals surface area contributed by atoms with Crippen LogP contribution in [0.2, 0.25) is 5.02 Å². The summed E-state index contributed by atoms with van der Waals surface area (Å²) >= 11 is 9.10. The van der Waals surface area contributed by atoms with E-state index in [0.29, 0.717) is 4.47 Å². The quantitative estimate of drug-likeness (QED) is 0.674. The molecule has 0 fully saturated rings. The van der Waals surface area contributed by atoms with Gasteiger partial charge in [-0.3, -0.25) is 19.6 Å². The van der Waals surface area contributed by atoms with Crippen molar-refractivity contribution in [2.24, 2.45) is 7.05 Å². The molecule has 0 aliphatic heterocycles. The first-order valence-electron chi connectivity index (χ1n) is 5.33. The molecule has 0 aliphatic rings. The molecular weight excluding hydrogens is 352 g/mol. The predicted octanol–water partition coefficient (Wildman–Crippen LogP) is 3.00. The van der Waals surface area contributed by atoms with E-state index in [2.05, 4.69) is 26.3 Å². The zero-order chi connectivity index (χ0) is 14.9. The second-order valence-electron chi connectivity index (χ2n) is 3.87. The number of hydrogen-bond donors (Lipinski definition) is 1. The van der Waals surface area contributed by atoms with Crippen LogP contribution in [0.25, 0.3) is 0 Å². The summed E-state index contributed by atoms with van der Waals surface area (Å²) < 4.78 is 1.98. The van der Waals surface area contributed by atoms with Gasteiger partial charge >= 0.3 is 0 Å². The molecule has 0 saturated carbocycles. The Balaban J connectivity index is 2.30. The maximum absolute atomic E-state index is 12.0. The first-order valence-corrected chi connectivity index (χ1v) is 6.50. The maximum Gasteiger partial charge on any atom is 0.277 e. The van der Waals surface area contributed by atoms with Crippen molar-refractivity contribution < 1.29 is 9.72 Å². The van der Waals surface area contributed by atoms with Crippen LogP contribution in [0.4, 0.5) is 11.4 Å². The maximum atomic E-state index is 12.0. The number of nitro groups is 1. The number of carbonyl (C=O) groups is 1. The molecule has 0 radical (unpaired) electrons. The highest BCUT2D eigenvalue weighted by molar-refractivity contribution is 9.10. The van der Waals surface area contributed by atoms with E-state index in [1.807, 2.05) is 0 Å². The highest BCUT2D eigenvalue weighted by atomic mass is 79.9. The van der Waals surface area contributed by atoms with Crippen LogP contribution in [-0.4, -0.2) is 20.6 Å². The van der Waals surface area contributed by atoms with Crippen LogP contribution < -0.4 is 5.32 Å². The molecule has 2 aromatic rings. The lowest BCUT2D eigenvalue weighted by atomic mass is 10.2. The molecule has 1 amide bonds. The number of amides is 1. The van der Waals surface area contributed by atoms with Gasteiger partial charge in [0.15, 0.2) is 5.69 Å². The largest absolute Gasteiger partial charge is 0.319 e. The van der Waals surface area contributed by atoms with E-state index in [1.54, 1.807) is 13.2 Å². The van der Waals surface area contributed by atoms with Crippen LogP contribution in [-0.2, 0) is 7.05 Å². The van der Waals surface area contributed by atoms with Crippen molar-refractivity contribution >= 4 is 44.8 Å². The Morgan fingerprint density at radius 3 is 2.80 bits per heavy atom. The van der Waals surface area contributed by atoms with Gasteiger partial charge in [0.05, 0.1) is 20.1 Å². The van der Waals surface area contributed by atoms with E-state index in [9.17, 15) is 14.9 Å². The van der Waals surface area contributed by atoms with E-state index in [0.717, 1.165) is 0 Å². The van der Waals surface area contributed by atoms with Gasteiger partial charge in [0.1, 0.15) is 0 Å². The van der Waals surface area contributed by atoms with Crippen LogP contribution in [0.3, 0.4) is 0 Å². The summed E-state index contributed by atoms with van der Waals surface area (Å²) in [6.07, 6.45) is 1.62. The average Bonchev–Trinajstić information content (AvgIpc) is 2.71. The SMILES string of the molecule is Cn1cc(Br)c(C(=O)Nc2cc([N+](=O)[O-])ccc2Cl)n1. The standard InChI is InChI=1S/C11H8BrClN4O3/c1-16-5-7(12)10(15-16)11(18)14-9-4-6(17(19)20)2-3-8(9)13/h2-5H,1H3,(H,14,18). The van der Waals surface area contributed by atoms with Gasteiger partial charge < -0.3 is 5.32 Å². The van der Waals surface area contributed by atoms with Gasteiger partial charge in [0, 0.05) is 25.4 Å². The summed E-state index contributed by atoms with van der Waals surface area (Å²) in [6, 6.07) is 3.80. The molecule has 20 heavy (non-hydrogen) atoms. The van der Waals surface area contributed by atoms with Crippen LogP contribution in [0.5, 0.6) is 0 Å². The van der Waals surface area contributed by atoms with Gasteiger partial charge in [-0.2, -0.15) is 5.10 Å². The molecule has 0 atom stereocenters. The minimum Gasteiger partial charge on any atom is -0.319 e. The molecular formula is C11H8BrClN4O3. The summed E-state index contributed by atoms with van der Waals surface area (Å²) in [5.74, 6) is -0.514. The van der Waals surface area contributed by atoms with Gasteiger partial charge in [0.25, 0.3) is 11.6 Å². The van der Waals surface area contributed by atoms with Crippen LogP contribution in [0.15, 0.2) is 28.9 Å². The molecule has 0 unspecified atom stereocenters. The fourth-order valence-electron chi connectivity index (χ4n) is 1.52. The molecule has 0 saturated heterocycles. The molecule has 2 rings (SSSR count). The smallest absolute Gasteiger partial charge is 0.277 e. The molecule has 7 nitrogen and oxygen atoms in total. The number of hydrogen-bond acceptors (Lipinski definition) is 4. The lowest BCUT2D eigenvalue weighted by molar-refractivity contribution is -0.384. The first kappa shape index (κ1) is 14.5. The normalized spacial score (nSPS) is 10.3. The van der Waals surface area contributed by atoms with Crippen LogP contribution in [0, 0.1) is 10.1 Å². The third-order valence-corrected chi connectivity index (χ3v) is 3.32. The Morgan fingerprint density at radius 2 is 2.25 bits per heavy atom. The lowest BCUT2D eigenvalue weighted by Gasteiger charge is -2.05. The van der Waals surface area contributed by atoms with Gasteiger partial charge in [-0.15, -0.1) is 0 Å². The highest BCUT2D eigenvalue weighted by Crippen LogP contribution is 2.27. The third-order valence-electron chi connectivity index (χ3n) is 2.41. The van der Waals surface area contributed by atoms with E-state index in [-0.39, 0.29) is 22.1 Å². The average molecular weight is 360 g/mol. The summed E-state index contributed by atoms with van der Waals surface area (Å²) in [5.41, 5.74) is 0.156. The number of anilines is 1. The Labute approximate surface area is 126 Å². The second-order valence-corrected chi connectivity index (χ2v) is 5.14. The minimum absolute atomic E-state index is 0.156. The number of nitro benzene ring substituents is 1. The van der Waals surface area contributed by atoms with Crippen molar-refractivity contribution in [1.29, 1.82) is 0 Å². The van der Waals surface area contributed by atoms with E-state index in [4.69, 9.17) is 11.6 Å². The molecule has 9 heteroatoms. The number of aryl methyl sites for hydroxylation is 1. The minimum atomic E-state index is -0.567. The van der Waals surface area contributed by atoms with Crippen molar-refractivity contribution in [2.45, 2.75) is 0 Å². The van der Waals surface area contributed by atoms with Crippen molar-refractivity contribution in [3.8, 4) is 0 Å². The Hall–Kier alpha value is -1.93. The number of rotatable bonds is 3. The lowest BCUT2D eigenvalue weighted by Crippen LogP contribution is -2.14. The molecule has 0 spiro atoms. The monoisotopic (exact) mass is 358 g/mol. The van der Waals surface area contributed by atoms with Gasteiger partial charge in [-0.1, -0.05) is 11.6 Å². The summed E-state index contributed by atoms with van der Waals surface area (Å²) in [6.45, 7) is 0. The second kappa shape index (κ2) is 5.59. The van der Waals surface area contributed by atoms with E-state index < -0.39 is 10.8 Å². The zero-order valence-electron chi connectivity index (χ0n) is 10.1. The van der Waals surface area contributed by atoms with Gasteiger partial charge in [0.2, 0.25) is 0 Å². The molecule has 1 aromatic heterocycles. The number of aromatic nitrogens is 2. The molecule has 0 aliphatic carbocycles. The topological polar surface area (TPSA) is 90.1 Å². The summed E-state index contributed by atoms with van der Waals surface area (Å²) in [7, 11) is 1.67.